The van der Waals surface area contributed by atoms with Crippen LogP contribution in [0.1, 0.15) is 96.3 Å². The van der Waals surface area contributed by atoms with Gasteiger partial charge in [-0.3, -0.25) is 0 Å². The van der Waals surface area contributed by atoms with Gasteiger partial charge in [0.15, 0.2) is 0 Å². The van der Waals surface area contributed by atoms with E-state index in [1.165, 1.54) is 23.1 Å². The van der Waals surface area contributed by atoms with Crippen molar-refractivity contribution in [3.63, 3.8) is 0 Å². The Morgan fingerprint density at radius 3 is 1.42 bits per heavy atom. The topological polar surface area (TPSA) is 0 Å². The molecule has 0 saturated carbocycles. The molecule has 0 fully saturated rings. The van der Waals surface area contributed by atoms with Crippen molar-refractivity contribution in [3.8, 4) is 0 Å². The predicted molar refractivity (Wildman–Crippen MR) is 87.1 cm³/mol. The maximum Gasteiger partial charge on any atom is -0.0185 e. The first-order valence-electron chi connectivity index (χ1n) is 7.75. The van der Waals surface area contributed by atoms with E-state index in [-0.39, 0.29) is 0 Å². The fraction of sp³-hybridized carbons (Fsp3) is 0.684. The Bertz CT molecular complexity index is 378. The van der Waals surface area contributed by atoms with Gasteiger partial charge in [0, 0.05) is 0 Å². The molecule has 0 aliphatic heterocycles. The van der Waals surface area contributed by atoms with E-state index in [0.29, 0.717) is 23.2 Å². The number of hydrogen-bond donors (Lipinski definition) is 0. The Morgan fingerprint density at radius 2 is 1.11 bits per heavy atom. The zero-order chi connectivity index (χ0) is 14.8. The van der Waals surface area contributed by atoms with Gasteiger partial charge in [-0.15, -0.1) is 0 Å². The fourth-order valence-corrected chi connectivity index (χ4v) is 2.69. The van der Waals surface area contributed by atoms with E-state index in [4.69, 9.17) is 0 Å². The van der Waals surface area contributed by atoms with Crippen LogP contribution in [-0.2, 0) is 0 Å². The summed E-state index contributed by atoms with van der Waals surface area (Å²) in [5.41, 5.74) is 4.89. The molecule has 1 atom stereocenters. The van der Waals surface area contributed by atoms with Crippen LogP contribution in [0.5, 0.6) is 0 Å². The maximum atomic E-state index is 2.42. The van der Waals surface area contributed by atoms with E-state index in [1.807, 2.05) is 0 Å². The van der Waals surface area contributed by atoms with Crippen LogP contribution in [-0.4, -0.2) is 0 Å². The fourth-order valence-electron chi connectivity index (χ4n) is 2.69. The summed E-state index contributed by atoms with van der Waals surface area (Å²) in [6.07, 6.45) is 1.24. The first-order chi connectivity index (χ1) is 8.60. The highest BCUT2D eigenvalue weighted by atomic mass is 14.2. The van der Waals surface area contributed by atoms with Gasteiger partial charge in [0.1, 0.15) is 0 Å². The molecule has 0 radical (unpaired) electrons. The number of rotatable bonds is 4. The molecule has 1 aromatic rings. The molecule has 0 aliphatic carbocycles. The van der Waals surface area contributed by atoms with Crippen LogP contribution < -0.4 is 0 Å². The van der Waals surface area contributed by atoms with Gasteiger partial charge in [0.25, 0.3) is 0 Å². The third-order valence-electron chi connectivity index (χ3n) is 3.82. The average Bonchev–Trinajstić information content (AvgIpc) is 2.25. The second-order valence-corrected chi connectivity index (χ2v) is 7.91. The molecular formula is C19H32. The normalized spacial score (nSPS) is 14.2. The third-order valence-corrected chi connectivity index (χ3v) is 3.82. The molecule has 0 N–H and O–H groups in total. The van der Waals surface area contributed by atoms with Crippen molar-refractivity contribution in [1.29, 1.82) is 0 Å². The summed E-state index contributed by atoms with van der Waals surface area (Å²) in [6.45, 7) is 18.5. The standard InChI is InChI=1S/C19H32/c1-13(2)16-9-17(14(3)4)11-18(10-16)15(5)12-19(6,7)8/h9-11,13-15H,12H2,1-8H3. The Morgan fingerprint density at radius 1 is 0.737 bits per heavy atom. The van der Waals surface area contributed by atoms with Gasteiger partial charge in [0.05, 0.1) is 0 Å². The average molecular weight is 260 g/mol. The molecule has 0 saturated heterocycles. The molecule has 1 rings (SSSR count). The molecule has 108 valence electrons. The van der Waals surface area contributed by atoms with E-state index in [9.17, 15) is 0 Å². The van der Waals surface area contributed by atoms with Crippen molar-refractivity contribution in [2.24, 2.45) is 5.41 Å². The summed E-state index contributed by atoms with van der Waals surface area (Å²) in [4.78, 5) is 0. The van der Waals surface area contributed by atoms with Crippen molar-refractivity contribution >= 4 is 0 Å². The smallest absolute Gasteiger partial charge is 0.0185 e. The van der Waals surface area contributed by atoms with Gasteiger partial charge in [0.2, 0.25) is 0 Å². The quantitative estimate of drug-likeness (QED) is 0.581. The van der Waals surface area contributed by atoms with E-state index < -0.39 is 0 Å². The van der Waals surface area contributed by atoms with Crippen LogP contribution in [0.4, 0.5) is 0 Å². The van der Waals surface area contributed by atoms with Crippen LogP contribution in [0.3, 0.4) is 0 Å². The zero-order valence-corrected chi connectivity index (χ0v) is 14.2. The predicted octanol–water partition coefficient (Wildman–Crippen LogP) is 6.47. The summed E-state index contributed by atoms with van der Waals surface area (Å²) < 4.78 is 0. The van der Waals surface area contributed by atoms with Crippen molar-refractivity contribution < 1.29 is 0 Å². The molecule has 1 aromatic carbocycles. The van der Waals surface area contributed by atoms with E-state index in [1.54, 1.807) is 0 Å². The summed E-state index contributed by atoms with van der Waals surface area (Å²) in [5.74, 6) is 1.86. The lowest BCUT2D eigenvalue weighted by Gasteiger charge is -2.25. The molecule has 0 aromatic heterocycles. The largest absolute Gasteiger partial charge is 0.0602 e. The molecule has 0 heterocycles. The van der Waals surface area contributed by atoms with Crippen molar-refractivity contribution in [1.82, 2.24) is 0 Å². The minimum atomic E-state index is 0.394. The van der Waals surface area contributed by atoms with Gasteiger partial charge < -0.3 is 0 Å². The van der Waals surface area contributed by atoms with Crippen molar-refractivity contribution in [2.75, 3.05) is 0 Å². The molecule has 0 heteroatoms. The van der Waals surface area contributed by atoms with Crippen molar-refractivity contribution in [2.45, 2.75) is 79.6 Å². The summed E-state index contributed by atoms with van der Waals surface area (Å²) in [7, 11) is 0. The van der Waals surface area contributed by atoms with Gasteiger partial charge >= 0.3 is 0 Å². The molecule has 0 amide bonds. The Kier molecular flexibility index (Phi) is 5.24. The number of hydrogen-bond acceptors (Lipinski definition) is 0. The minimum Gasteiger partial charge on any atom is -0.0602 e. The Balaban J connectivity index is 3.12. The molecule has 1 unspecified atom stereocenters. The highest BCUT2D eigenvalue weighted by Crippen LogP contribution is 2.33. The Hall–Kier alpha value is -0.780. The van der Waals surface area contributed by atoms with Crippen LogP contribution in [0, 0.1) is 5.41 Å². The van der Waals surface area contributed by atoms with Crippen LogP contribution >= 0.6 is 0 Å². The second-order valence-electron chi connectivity index (χ2n) is 7.91. The third kappa shape index (κ3) is 5.01. The summed E-state index contributed by atoms with van der Waals surface area (Å²) in [5, 5.41) is 0. The van der Waals surface area contributed by atoms with Crippen molar-refractivity contribution in [3.05, 3.63) is 34.9 Å². The zero-order valence-electron chi connectivity index (χ0n) is 14.2. The highest BCUT2D eigenvalue weighted by Gasteiger charge is 2.18. The highest BCUT2D eigenvalue weighted by molar-refractivity contribution is 5.35. The molecule has 0 bridgehead atoms. The van der Waals surface area contributed by atoms with Gasteiger partial charge in [-0.2, -0.15) is 0 Å². The SMILES string of the molecule is CC(C)c1cc(C(C)C)cc(C(C)CC(C)(C)C)c1. The van der Waals surface area contributed by atoms with Gasteiger partial charge in [-0.1, -0.05) is 73.6 Å². The summed E-state index contributed by atoms with van der Waals surface area (Å²) in [6, 6.07) is 7.24. The first kappa shape index (κ1) is 16.3. The Labute approximate surface area is 120 Å². The monoisotopic (exact) mass is 260 g/mol. The molecule has 19 heavy (non-hydrogen) atoms. The lowest BCUT2D eigenvalue weighted by molar-refractivity contribution is 0.348. The summed E-state index contributed by atoms with van der Waals surface area (Å²) >= 11 is 0. The van der Waals surface area contributed by atoms with Crippen LogP contribution in [0.2, 0.25) is 0 Å². The molecular weight excluding hydrogens is 228 g/mol. The molecule has 0 nitrogen and oxygen atoms in total. The first-order valence-corrected chi connectivity index (χ1v) is 7.75. The lowest BCUT2D eigenvalue weighted by atomic mass is 9.80. The molecule has 0 aliphatic rings. The number of benzene rings is 1. The lowest BCUT2D eigenvalue weighted by Crippen LogP contribution is -2.10. The van der Waals surface area contributed by atoms with Gasteiger partial charge in [-0.25, -0.2) is 0 Å². The van der Waals surface area contributed by atoms with E-state index >= 15 is 0 Å². The van der Waals surface area contributed by atoms with Crippen LogP contribution in [0.25, 0.3) is 0 Å². The van der Waals surface area contributed by atoms with Crippen LogP contribution in [0.15, 0.2) is 18.2 Å². The maximum absolute atomic E-state index is 2.42. The minimum absolute atomic E-state index is 0.394. The van der Waals surface area contributed by atoms with Gasteiger partial charge in [-0.05, 0) is 46.3 Å². The molecule has 0 spiro atoms. The second kappa shape index (κ2) is 6.11. The van der Waals surface area contributed by atoms with E-state index in [2.05, 4.69) is 73.6 Å². The van der Waals surface area contributed by atoms with E-state index in [0.717, 1.165) is 0 Å².